The molecule has 0 saturated heterocycles. The molecule has 1 N–H and O–H groups in total. The molecule has 0 aliphatic rings. The second kappa shape index (κ2) is 6.72. The van der Waals surface area contributed by atoms with Crippen LogP contribution in [0.25, 0.3) is 11.3 Å². The lowest BCUT2D eigenvalue weighted by Gasteiger charge is -2.13. The maximum absolute atomic E-state index is 12.9. The summed E-state index contributed by atoms with van der Waals surface area (Å²) in [4.78, 5) is 12.9. The number of carbonyl (C=O) groups excluding carboxylic acids is 1. The van der Waals surface area contributed by atoms with Crippen LogP contribution in [0, 0.1) is 13.8 Å². The Morgan fingerprint density at radius 2 is 1.78 bits per heavy atom. The molecule has 0 radical (unpaired) electrons. The van der Waals surface area contributed by atoms with Crippen molar-refractivity contribution in [1.29, 1.82) is 0 Å². The van der Waals surface area contributed by atoms with Crippen LogP contribution in [0.2, 0.25) is 0 Å². The summed E-state index contributed by atoms with van der Waals surface area (Å²) < 4.78 is 3.98. The van der Waals surface area contributed by atoms with Gasteiger partial charge in [-0.25, -0.2) is 0 Å². The van der Waals surface area contributed by atoms with Crippen molar-refractivity contribution in [3.8, 4) is 5.69 Å². The number of benzene rings is 1. The molecule has 1 unspecified atom stereocenters. The van der Waals surface area contributed by atoms with Crippen LogP contribution in [0.3, 0.4) is 0 Å². The van der Waals surface area contributed by atoms with E-state index in [2.05, 4.69) is 20.1 Å². The second-order valence-corrected chi connectivity index (χ2v) is 6.64. The lowest BCUT2D eigenvalue weighted by molar-refractivity contribution is 0.0937. The van der Waals surface area contributed by atoms with Gasteiger partial charge < -0.3 is 9.88 Å². The molecule has 6 nitrogen and oxygen atoms in total. The van der Waals surface area contributed by atoms with E-state index in [-0.39, 0.29) is 11.9 Å². The highest BCUT2D eigenvalue weighted by Crippen LogP contribution is 2.21. The highest BCUT2D eigenvalue weighted by molar-refractivity contribution is 5.96. The van der Waals surface area contributed by atoms with Crippen molar-refractivity contribution in [2.75, 3.05) is 0 Å². The lowest BCUT2D eigenvalue weighted by Crippen LogP contribution is -2.28. The maximum Gasteiger partial charge on any atom is 0.253 e. The first-order valence-electron chi connectivity index (χ1n) is 8.91. The molecule has 1 atom stereocenters. The third kappa shape index (κ3) is 2.99. The zero-order valence-corrected chi connectivity index (χ0v) is 15.5. The molecule has 4 aromatic rings. The average Bonchev–Trinajstić information content (AvgIpc) is 3.23. The van der Waals surface area contributed by atoms with Crippen molar-refractivity contribution < 1.29 is 4.79 Å². The van der Waals surface area contributed by atoms with E-state index in [4.69, 9.17) is 0 Å². The quantitative estimate of drug-likeness (QED) is 0.605. The Labute approximate surface area is 157 Å². The van der Waals surface area contributed by atoms with Crippen molar-refractivity contribution in [2.45, 2.75) is 26.8 Å². The number of hydrogen-bond donors (Lipinski definition) is 1. The SMILES string of the molecule is Cc1cc(C(=O)NC(C)c2nnc3ccccn23)c(C)n1-c1ccccc1. The number of nitrogens with one attached hydrogen (secondary N) is 1. The molecule has 3 aromatic heterocycles. The molecular formula is C21H21N5O. The summed E-state index contributed by atoms with van der Waals surface area (Å²) in [5, 5.41) is 11.4. The fraction of sp³-hybridized carbons (Fsp3) is 0.190. The van der Waals surface area contributed by atoms with Gasteiger partial charge in [0.2, 0.25) is 0 Å². The van der Waals surface area contributed by atoms with E-state index in [0.717, 1.165) is 22.7 Å². The summed E-state index contributed by atoms with van der Waals surface area (Å²) >= 11 is 0. The Bertz CT molecular complexity index is 1110. The summed E-state index contributed by atoms with van der Waals surface area (Å²) in [6.07, 6.45) is 1.90. The minimum Gasteiger partial charge on any atom is -0.342 e. The predicted octanol–water partition coefficient (Wildman–Crippen LogP) is 3.63. The van der Waals surface area contributed by atoms with Crippen LogP contribution in [0.15, 0.2) is 60.8 Å². The second-order valence-electron chi connectivity index (χ2n) is 6.64. The number of fused-ring (bicyclic) bond motifs is 1. The molecular weight excluding hydrogens is 338 g/mol. The third-order valence-electron chi connectivity index (χ3n) is 4.77. The fourth-order valence-electron chi connectivity index (χ4n) is 3.46. The summed E-state index contributed by atoms with van der Waals surface area (Å²) in [5.41, 5.74) is 4.40. The highest BCUT2D eigenvalue weighted by Gasteiger charge is 2.20. The normalized spacial score (nSPS) is 12.3. The van der Waals surface area contributed by atoms with Gasteiger partial charge in [0.25, 0.3) is 5.91 Å². The van der Waals surface area contributed by atoms with Crippen LogP contribution in [-0.2, 0) is 0 Å². The first-order chi connectivity index (χ1) is 13.1. The standard InChI is InChI=1S/C21H21N5O/c1-14-13-18(16(3)26(14)17-9-5-4-6-10-17)21(27)22-15(2)20-24-23-19-11-7-8-12-25(19)20/h4-13,15H,1-3H3,(H,22,27). The largest absolute Gasteiger partial charge is 0.342 e. The highest BCUT2D eigenvalue weighted by atomic mass is 16.1. The minimum absolute atomic E-state index is 0.120. The van der Waals surface area contributed by atoms with E-state index < -0.39 is 0 Å². The number of carbonyl (C=O) groups is 1. The zero-order chi connectivity index (χ0) is 19.0. The Morgan fingerprint density at radius 1 is 1.04 bits per heavy atom. The first-order valence-corrected chi connectivity index (χ1v) is 8.91. The van der Waals surface area contributed by atoms with E-state index in [1.54, 1.807) is 0 Å². The van der Waals surface area contributed by atoms with E-state index >= 15 is 0 Å². The molecule has 0 fully saturated rings. The molecule has 0 saturated carbocycles. The number of para-hydroxylation sites is 1. The van der Waals surface area contributed by atoms with Gasteiger partial charge in [0.15, 0.2) is 11.5 Å². The van der Waals surface area contributed by atoms with Gasteiger partial charge in [-0.2, -0.15) is 0 Å². The van der Waals surface area contributed by atoms with Gasteiger partial charge in [-0.3, -0.25) is 9.20 Å². The molecule has 1 aromatic carbocycles. The number of aromatic nitrogens is 4. The van der Waals surface area contributed by atoms with Crippen LogP contribution >= 0.6 is 0 Å². The monoisotopic (exact) mass is 359 g/mol. The van der Waals surface area contributed by atoms with Gasteiger partial charge in [0.1, 0.15) is 0 Å². The minimum atomic E-state index is -0.269. The summed E-state index contributed by atoms with van der Waals surface area (Å²) in [7, 11) is 0. The third-order valence-corrected chi connectivity index (χ3v) is 4.77. The number of rotatable bonds is 4. The van der Waals surface area contributed by atoms with Crippen molar-refractivity contribution in [3.05, 3.63) is 83.6 Å². The number of hydrogen-bond acceptors (Lipinski definition) is 3. The lowest BCUT2D eigenvalue weighted by atomic mass is 10.2. The molecule has 0 aliphatic heterocycles. The van der Waals surface area contributed by atoms with Crippen molar-refractivity contribution in [3.63, 3.8) is 0 Å². The Morgan fingerprint density at radius 3 is 2.56 bits per heavy atom. The van der Waals surface area contributed by atoms with E-state index in [1.165, 1.54) is 0 Å². The fourth-order valence-corrected chi connectivity index (χ4v) is 3.46. The molecule has 3 heterocycles. The van der Waals surface area contributed by atoms with Crippen LogP contribution in [-0.4, -0.2) is 25.1 Å². The smallest absolute Gasteiger partial charge is 0.253 e. The maximum atomic E-state index is 12.9. The van der Waals surface area contributed by atoms with Gasteiger partial charge in [0.05, 0.1) is 11.6 Å². The van der Waals surface area contributed by atoms with E-state index in [0.29, 0.717) is 11.4 Å². The van der Waals surface area contributed by atoms with Crippen molar-refractivity contribution >= 4 is 11.6 Å². The molecule has 27 heavy (non-hydrogen) atoms. The predicted molar refractivity (Wildman–Crippen MR) is 104 cm³/mol. The summed E-state index contributed by atoms with van der Waals surface area (Å²) in [6, 6.07) is 17.4. The average molecular weight is 359 g/mol. The first kappa shape index (κ1) is 17.0. The Balaban J connectivity index is 1.62. The topological polar surface area (TPSA) is 64.2 Å². The molecule has 0 aliphatic carbocycles. The summed E-state index contributed by atoms with van der Waals surface area (Å²) in [6.45, 7) is 5.88. The van der Waals surface area contributed by atoms with Crippen LogP contribution in [0.4, 0.5) is 0 Å². The van der Waals surface area contributed by atoms with Crippen molar-refractivity contribution in [1.82, 2.24) is 24.5 Å². The number of aryl methyl sites for hydroxylation is 1. The van der Waals surface area contributed by atoms with E-state index in [1.807, 2.05) is 86.0 Å². The van der Waals surface area contributed by atoms with Gasteiger partial charge in [-0.15, -0.1) is 10.2 Å². The molecule has 1 amide bonds. The van der Waals surface area contributed by atoms with E-state index in [9.17, 15) is 4.79 Å². The van der Waals surface area contributed by atoms with Gasteiger partial charge in [0, 0.05) is 23.3 Å². The number of amides is 1. The van der Waals surface area contributed by atoms with Gasteiger partial charge >= 0.3 is 0 Å². The molecule has 0 bridgehead atoms. The van der Waals surface area contributed by atoms with Crippen LogP contribution in [0.5, 0.6) is 0 Å². The molecule has 4 rings (SSSR count). The van der Waals surface area contributed by atoms with Gasteiger partial charge in [-0.05, 0) is 51.1 Å². The summed E-state index contributed by atoms with van der Waals surface area (Å²) in [5.74, 6) is 0.585. The molecule has 136 valence electrons. The zero-order valence-electron chi connectivity index (χ0n) is 15.5. The number of pyridine rings is 1. The van der Waals surface area contributed by atoms with Crippen LogP contribution in [0.1, 0.15) is 40.5 Å². The number of nitrogens with zero attached hydrogens (tertiary/aromatic N) is 4. The molecule has 0 spiro atoms. The van der Waals surface area contributed by atoms with Gasteiger partial charge in [-0.1, -0.05) is 24.3 Å². The van der Waals surface area contributed by atoms with Crippen LogP contribution < -0.4 is 5.32 Å². The van der Waals surface area contributed by atoms with Crippen molar-refractivity contribution in [2.24, 2.45) is 0 Å². The Hall–Kier alpha value is -3.41. The Kier molecular flexibility index (Phi) is 4.24. The molecule has 6 heteroatoms.